The molecule has 0 saturated carbocycles. The molecule has 7 nitrogen and oxygen atoms in total. The summed E-state index contributed by atoms with van der Waals surface area (Å²) >= 11 is 5.44. The molecule has 2 aromatic carbocycles. The lowest BCUT2D eigenvalue weighted by molar-refractivity contribution is -0.113. The number of methoxy groups -OCH3 is 1. The zero-order chi connectivity index (χ0) is 22.5. The maximum atomic E-state index is 13.5. The van der Waals surface area contributed by atoms with Crippen LogP contribution in [0.3, 0.4) is 0 Å². The van der Waals surface area contributed by atoms with Crippen LogP contribution < -0.4 is 16.0 Å². The Morgan fingerprint density at radius 3 is 2.38 bits per heavy atom. The number of carbonyl (C=O) groups is 2. The molecule has 1 amide bonds. The molecule has 0 fully saturated rings. The van der Waals surface area contributed by atoms with Crippen LogP contribution in [0, 0.1) is 0 Å². The Morgan fingerprint density at radius 1 is 1.00 bits per heavy atom. The third-order valence-corrected chi connectivity index (χ3v) is 5.17. The molecule has 1 aliphatic heterocycles. The van der Waals surface area contributed by atoms with E-state index in [0.29, 0.717) is 27.8 Å². The van der Waals surface area contributed by atoms with Crippen molar-refractivity contribution < 1.29 is 14.3 Å². The van der Waals surface area contributed by atoms with E-state index in [1.165, 1.54) is 7.11 Å². The molecule has 3 N–H and O–H groups in total. The maximum Gasteiger partial charge on any atom is 0.337 e. The SMILES string of the molecule is COC(=O)c1ccc([C@@H]2NC(=S)NC(c3ccccc3)=C2C(=O)Nc2ccccn2)cc1. The van der Waals surface area contributed by atoms with E-state index in [4.69, 9.17) is 17.0 Å². The zero-order valence-electron chi connectivity index (χ0n) is 17.2. The van der Waals surface area contributed by atoms with Gasteiger partial charge in [-0.05, 0) is 47.6 Å². The lowest BCUT2D eigenvalue weighted by Crippen LogP contribution is -2.45. The van der Waals surface area contributed by atoms with E-state index in [-0.39, 0.29) is 5.91 Å². The molecule has 0 saturated heterocycles. The van der Waals surface area contributed by atoms with Crippen molar-refractivity contribution in [3.05, 3.63) is 101 Å². The summed E-state index contributed by atoms with van der Waals surface area (Å²) in [4.78, 5) is 29.5. The number of pyridine rings is 1. The molecule has 1 aliphatic rings. The van der Waals surface area contributed by atoms with E-state index in [9.17, 15) is 9.59 Å². The van der Waals surface area contributed by atoms with E-state index >= 15 is 0 Å². The fourth-order valence-corrected chi connectivity index (χ4v) is 3.66. The number of aromatic nitrogens is 1. The van der Waals surface area contributed by atoms with Gasteiger partial charge in [0, 0.05) is 6.20 Å². The smallest absolute Gasteiger partial charge is 0.337 e. The fraction of sp³-hybridized carbons (Fsp3) is 0.0833. The molecular formula is C24H20N4O3S. The molecule has 1 aromatic heterocycles. The molecule has 32 heavy (non-hydrogen) atoms. The van der Waals surface area contributed by atoms with Crippen LogP contribution in [0.2, 0.25) is 0 Å². The van der Waals surface area contributed by atoms with Crippen molar-refractivity contribution in [2.75, 3.05) is 12.4 Å². The van der Waals surface area contributed by atoms with Gasteiger partial charge < -0.3 is 20.7 Å². The summed E-state index contributed by atoms with van der Waals surface area (Å²) in [6, 6.07) is 21.1. The Morgan fingerprint density at radius 2 is 1.72 bits per heavy atom. The first-order valence-corrected chi connectivity index (χ1v) is 10.3. The molecule has 1 atom stereocenters. The first kappa shape index (κ1) is 21.2. The number of benzene rings is 2. The number of thiocarbonyl (C=S) groups is 1. The Balaban J connectivity index is 1.80. The second-order valence-electron chi connectivity index (χ2n) is 6.97. The van der Waals surface area contributed by atoms with Crippen molar-refractivity contribution in [2.45, 2.75) is 6.04 Å². The van der Waals surface area contributed by atoms with Crippen molar-refractivity contribution in [2.24, 2.45) is 0 Å². The summed E-state index contributed by atoms with van der Waals surface area (Å²) in [5.41, 5.74) is 3.05. The predicted molar refractivity (Wildman–Crippen MR) is 126 cm³/mol. The number of hydrogen-bond acceptors (Lipinski definition) is 5. The van der Waals surface area contributed by atoms with E-state index in [2.05, 4.69) is 20.9 Å². The Bertz CT molecular complexity index is 1180. The molecule has 8 heteroatoms. The minimum absolute atomic E-state index is 0.327. The van der Waals surface area contributed by atoms with Gasteiger partial charge >= 0.3 is 5.97 Å². The van der Waals surface area contributed by atoms with Crippen molar-refractivity contribution >= 4 is 40.7 Å². The van der Waals surface area contributed by atoms with Crippen LogP contribution in [0.25, 0.3) is 5.70 Å². The second-order valence-corrected chi connectivity index (χ2v) is 7.38. The van der Waals surface area contributed by atoms with E-state index in [0.717, 1.165) is 11.1 Å². The molecule has 3 aromatic rings. The summed E-state index contributed by atoms with van der Waals surface area (Å²) in [5, 5.41) is 9.56. The topological polar surface area (TPSA) is 92.4 Å². The summed E-state index contributed by atoms with van der Waals surface area (Å²) in [6.07, 6.45) is 1.61. The highest BCUT2D eigenvalue weighted by atomic mass is 32.1. The second kappa shape index (κ2) is 9.40. The molecule has 160 valence electrons. The van der Waals surface area contributed by atoms with Gasteiger partial charge in [-0.1, -0.05) is 48.5 Å². The molecule has 2 heterocycles. The zero-order valence-corrected chi connectivity index (χ0v) is 18.0. The number of nitrogens with zero attached hydrogens (tertiary/aromatic N) is 1. The van der Waals surface area contributed by atoms with Gasteiger partial charge in [0.05, 0.1) is 30.0 Å². The molecule has 4 rings (SSSR count). The van der Waals surface area contributed by atoms with Crippen molar-refractivity contribution in [3.63, 3.8) is 0 Å². The molecule has 0 aliphatic carbocycles. The minimum Gasteiger partial charge on any atom is -0.465 e. The predicted octanol–water partition coefficient (Wildman–Crippen LogP) is 3.44. The number of anilines is 1. The molecule has 0 radical (unpaired) electrons. The average molecular weight is 445 g/mol. The first-order chi connectivity index (χ1) is 15.6. The number of ether oxygens (including phenoxy) is 1. The molecular weight excluding hydrogens is 424 g/mol. The Kier molecular flexibility index (Phi) is 6.23. The number of nitrogens with one attached hydrogen (secondary N) is 3. The number of amides is 1. The van der Waals surface area contributed by atoms with Gasteiger partial charge in [0.15, 0.2) is 5.11 Å². The van der Waals surface area contributed by atoms with Gasteiger partial charge in [0.2, 0.25) is 0 Å². The number of rotatable bonds is 5. The lowest BCUT2D eigenvalue weighted by Gasteiger charge is -2.31. The minimum atomic E-state index is -0.547. The monoisotopic (exact) mass is 444 g/mol. The van der Waals surface area contributed by atoms with Gasteiger partial charge in [0.1, 0.15) is 5.82 Å². The number of carbonyl (C=O) groups excluding carboxylic acids is 2. The van der Waals surface area contributed by atoms with Gasteiger partial charge in [0.25, 0.3) is 5.91 Å². The van der Waals surface area contributed by atoms with Gasteiger partial charge in [-0.25, -0.2) is 9.78 Å². The van der Waals surface area contributed by atoms with E-state index in [1.54, 1.807) is 48.7 Å². The summed E-state index contributed by atoms with van der Waals surface area (Å²) in [7, 11) is 1.33. The lowest BCUT2D eigenvalue weighted by atomic mass is 9.91. The summed E-state index contributed by atoms with van der Waals surface area (Å²) in [5.74, 6) is -0.323. The van der Waals surface area contributed by atoms with Crippen LogP contribution in [0.4, 0.5) is 5.82 Å². The van der Waals surface area contributed by atoms with Crippen molar-refractivity contribution in [1.29, 1.82) is 0 Å². The first-order valence-electron chi connectivity index (χ1n) is 9.84. The van der Waals surface area contributed by atoms with Crippen LogP contribution in [0.5, 0.6) is 0 Å². The van der Waals surface area contributed by atoms with Crippen LogP contribution in [0.15, 0.2) is 84.6 Å². The number of hydrogen-bond donors (Lipinski definition) is 3. The van der Waals surface area contributed by atoms with Crippen LogP contribution in [0.1, 0.15) is 27.5 Å². The maximum absolute atomic E-state index is 13.5. The third kappa shape index (κ3) is 4.50. The summed E-state index contributed by atoms with van der Waals surface area (Å²) < 4.78 is 4.77. The Labute approximate surface area is 190 Å². The summed E-state index contributed by atoms with van der Waals surface area (Å²) in [6.45, 7) is 0. The van der Waals surface area contributed by atoms with Gasteiger partial charge in [-0.2, -0.15) is 0 Å². The van der Waals surface area contributed by atoms with Crippen molar-refractivity contribution in [3.8, 4) is 0 Å². The van der Waals surface area contributed by atoms with Gasteiger partial charge in [-0.15, -0.1) is 0 Å². The quantitative estimate of drug-likeness (QED) is 0.410. The highest BCUT2D eigenvalue weighted by molar-refractivity contribution is 7.80. The fourth-order valence-electron chi connectivity index (χ4n) is 3.44. The molecule has 0 bridgehead atoms. The van der Waals surface area contributed by atoms with Crippen LogP contribution >= 0.6 is 12.2 Å². The van der Waals surface area contributed by atoms with Crippen LogP contribution in [-0.4, -0.2) is 29.1 Å². The van der Waals surface area contributed by atoms with Gasteiger partial charge in [-0.3, -0.25) is 4.79 Å². The third-order valence-electron chi connectivity index (χ3n) is 4.95. The highest BCUT2D eigenvalue weighted by Gasteiger charge is 2.32. The molecule has 0 spiro atoms. The largest absolute Gasteiger partial charge is 0.465 e. The number of esters is 1. The van der Waals surface area contributed by atoms with Crippen LogP contribution in [-0.2, 0) is 9.53 Å². The van der Waals surface area contributed by atoms with Crippen molar-refractivity contribution in [1.82, 2.24) is 15.6 Å². The Hall–Kier alpha value is -4.04. The highest BCUT2D eigenvalue weighted by Crippen LogP contribution is 2.32. The van der Waals surface area contributed by atoms with E-state index < -0.39 is 12.0 Å². The standard InChI is InChI=1S/C24H20N4O3S/c1-31-23(30)17-12-10-16(11-13-17)21-19(22(29)26-18-9-5-6-14-25-18)20(27-24(32)28-21)15-7-3-2-4-8-15/h2-14,21H,1H3,(H,25,26,29)(H2,27,28,32)/t21-/m0/s1. The van der Waals surface area contributed by atoms with E-state index in [1.807, 2.05) is 30.3 Å². The normalized spacial score (nSPS) is 15.4. The molecule has 0 unspecified atom stereocenters. The average Bonchev–Trinajstić information content (AvgIpc) is 2.84.